The van der Waals surface area contributed by atoms with Crippen LogP contribution in [0.15, 0.2) is 89.8 Å². The van der Waals surface area contributed by atoms with Crippen LogP contribution in [0.25, 0.3) is 0 Å². The van der Waals surface area contributed by atoms with Crippen LogP contribution in [0.5, 0.6) is 0 Å². The Balaban J connectivity index is 1.71. The number of hydrogen-bond acceptors (Lipinski definition) is 2. The molecule has 2 nitrogen and oxygen atoms in total. The highest BCUT2D eigenvalue weighted by Gasteiger charge is 2.35. The van der Waals surface area contributed by atoms with Gasteiger partial charge in [0.05, 0.1) is 0 Å². The Bertz CT molecular complexity index is 894. The van der Waals surface area contributed by atoms with Crippen LogP contribution in [-0.2, 0) is 11.2 Å². The molecular formula is C23H21NOS. The molecule has 0 aliphatic carbocycles. The number of benzene rings is 3. The minimum absolute atomic E-state index is 0.155. The average Bonchev–Trinajstić information content (AvgIpc) is 3.03. The predicted octanol–water partition coefficient (Wildman–Crippen LogP) is 5.50. The Morgan fingerprint density at radius 1 is 0.923 bits per heavy atom. The summed E-state index contributed by atoms with van der Waals surface area (Å²) in [6.45, 7) is 2.13. The van der Waals surface area contributed by atoms with Gasteiger partial charge in [-0.3, -0.25) is 4.79 Å². The number of rotatable bonds is 4. The Kier molecular flexibility index (Phi) is 4.81. The first-order valence-corrected chi connectivity index (χ1v) is 9.79. The molecular weight excluding hydrogens is 338 g/mol. The molecule has 0 fully saturated rings. The lowest BCUT2D eigenvalue weighted by Gasteiger charge is -2.28. The van der Waals surface area contributed by atoms with Gasteiger partial charge in [0.15, 0.2) is 0 Å². The molecule has 0 bridgehead atoms. The third-order valence-corrected chi connectivity index (χ3v) is 6.02. The van der Waals surface area contributed by atoms with Crippen LogP contribution in [0.3, 0.4) is 0 Å². The summed E-state index contributed by atoms with van der Waals surface area (Å²) >= 11 is 1.62. The van der Waals surface area contributed by atoms with E-state index >= 15 is 0 Å². The lowest BCUT2D eigenvalue weighted by molar-refractivity contribution is -0.118. The maximum Gasteiger partial charge on any atom is 0.245 e. The molecule has 1 aliphatic heterocycles. The Hall–Kier alpha value is -2.52. The zero-order valence-electron chi connectivity index (χ0n) is 14.7. The number of anilines is 1. The van der Waals surface area contributed by atoms with E-state index in [9.17, 15) is 4.79 Å². The molecule has 2 unspecified atom stereocenters. The van der Waals surface area contributed by atoms with E-state index in [1.54, 1.807) is 11.8 Å². The van der Waals surface area contributed by atoms with Crippen molar-refractivity contribution in [2.24, 2.45) is 0 Å². The van der Waals surface area contributed by atoms with Gasteiger partial charge < -0.3 is 4.90 Å². The summed E-state index contributed by atoms with van der Waals surface area (Å²) in [6.07, 6.45) is 0.916. The largest absolute Gasteiger partial charge is 0.308 e. The molecule has 4 rings (SSSR count). The summed E-state index contributed by atoms with van der Waals surface area (Å²) in [4.78, 5) is 16.7. The lowest BCUT2D eigenvalue weighted by atomic mass is 10.1. The molecule has 0 aromatic heterocycles. The van der Waals surface area contributed by atoms with Gasteiger partial charge in [-0.05, 0) is 42.7 Å². The van der Waals surface area contributed by atoms with Gasteiger partial charge in [0.25, 0.3) is 0 Å². The summed E-state index contributed by atoms with van der Waals surface area (Å²) in [5.74, 6) is 0.155. The maximum atomic E-state index is 13.6. The van der Waals surface area contributed by atoms with Gasteiger partial charge in [-0.2, -0.15) is 0 Å². The molecule has 0 spiro atoms. The van der Waals surface area contributed by atoms with Crippen molar-refractivity contribution >= 4 is 23.4 Å². The van der Waals surface area contributed by atoms with E-state index in [1.165, 1.54) is 5.56 Å². The Labute approximate surface area is 158 Å². The summed E-state index contributed by atoms with van der Waals surface area (Å²) in [6, 6.07) is 28.7. The van der Waals surface area contributed by atoms with Crippen molar-refractivity contribution in [2.75, 3.05) is 4.90 Å². The standard InChI is InChI=1S/C23H21NOS/c1-17-16-19-12-8-9-15-21(19)24(17)23(25)22(18-10-4-2-5-11-18)26-20-13-6-3-7-14-20/h2-15,17,22H,16H2,1H3. The van der Waals surface area contributed by atoms with Crippen LogP contribution < -0.4 is 4.90 Å². The van der Waals surface area contributed by atoms with E-state index in [1.807, 2.05) is 65.6 Å². The van der Waals surface area contributed by atoms with Crippen molar-refractivity contribution in [2.45, 2.75) is 29.5 Å². The van der Waals surface area contributed by atoms with Gasteiger partial charge in [0.2, 0.25) is 5.91 Å². The lowest BCUT2D eigenvalue weighted by Crippen LogP contribution is -2.38. The molecule has 0 saturated carbocycles. The van der Waals surface area contributed by atoms with E-state index in [0.717, 1.165) is 22.6 Å². The van der Waals surface area contributed by atoms with Crippen molar-refractivity contribution in [3.05, 3.63) is 96.1 Å². The number of carbonyl (C=O) groups is 1. The fraction of sp³-hybridized carbons (Fsp3) is 0.174. The fourth-order valence-corrected chi connectivity index (χ4v) is 4.65. The Morgan fingerprint density at radius 3 is 2.27 bits per heavy atom. The molecule has 1 heterocycles. The number of para-hydroxylation sites is 1. The van der Waals surface area contributed by atoms with E-state index in [4.69, 9.17) is 0 Å². The highest BCUT2D eigenvalue weighted by molar-refractivity contribution is 8.00. The Morgan fingerprint density at radius 2 is 1.54 bits per heavy atom. The molecule has 1 amide bonds. The smallest absolute Gasteiger partial charge is 0.245 e. The third kappa shape index (κ3) is 3.27. The van der Waals surface area contributed by atoms with Crippen LogP contribution >= 0.6 is 11.8 Å². The van der Waals surface area contributed by atoms with Gasteiger partial charge in [-0.15, -0.1) is 11.8 Å². The minimum Gasteiger partial charge on any atom is -0.308 e. The first kappa shape index (κ1) is 16.9. The van der Waals surface area contributed by atoms with Crippen molar-refractivity contribution in [1.29, 1.82) is 0 Å². The molecule has 0 saturated heterocycles. The summed E-state index contributed by atoms with van der Waals surface area (Å²) in [5, 5.41) is -0.257. The molecule has 130 valence electrons. The normalized spacial score (nSPS) is 17.0. The topological polar surface area (TPSA) is 20.3 Å². The van der Waals surface area contributed by atoms with Crippen molar-refractivity contribution < 1.29 is 4.79 Å². The molecule has 26 heavy (non-hydrogen) atoms. The predicted molar refractivity (Wildman–Crippen MR) is 109 cm³/mol. The van der Waals surface area contributed by atoms with Crippen molar-refractivity contribution in [1.82, 2.24) is 0 Å². The second-order valence-corrected chi connectivity index (χ2v) is 7.79. The number of fused-ring (bicyclic) bond motifs is 1. The summed E-state index contributed by atoms with van der Waals surface area (Å²) in [5.41, 5.74) is 3.35. The number of carbonyl (C=O) groups excluding carboxylic acids is 1. The zero-order chi connectivity index (χ0) is 17.9. The van der Waals surface area contributed by atoms with Crippen LogP contribution in [0.2, 0.25) is 0 Å². The SMILES string of the molecule is CC1Cc2ccccc2N1C(=O)C(Sc1ccccc1)c1ccccc1. The maximum absolute atomic E-state index is 13.6. The zero-order valence-corrected chi connectivity index (χ0v) is 15.5. The van der Waals surface area contributed by atoms with Gasteiger partial charge in [0.1, 0.15) is 5.25 Å². The highest BCUT2D eigenvalue weighted by Crippen LogP contribution is 2.41. The van der Waals surface area contributed by atoms with Crippen LogP contribution in [0.4, 0.5) is 5.69 Å². The molecule has 3 heteroatoms. The minimum atomic E-state index is -0.257. The van der Waals surface area contributed by atoms with Crippen LogP contribution in [-0.4, -0.2) is 11.9 Å². The van der Waals surface area contributed by atoms with E-state index in [-0.39, 0.29) is 17.2 Å². The molecule has 3 aromatic carbocycles. The molecule has 2 atom stereocenters. The summed E-state index contributed by atoms with van der Waals surface area (Å²) in [7, 11) is 0. The van der Waals surface area contributed by atoms with Gasteiger partial charge >= 0.3 is 0 Å². The molecule has 1 aliphatic rings. The van der Waals surface area contributed by atoms with Gasteiger partial charge in [-0.1, -0.05) is 66.7 Å². The highest BCUT2D eigenvalue weighted by atomic mass is 32.2. The van der Waals surface area contributed by atoms with E-state index < -0.39 is 0 Å². The first-order valence-electron chi connectivity index (χ1n) is 8.91. The molecule has 3 aromatic rings. The van der Waals surface area contributed by atoms with Crippen molar-refractivity contribution in [3.63, 3.8) is 0 Å². The van der Waals surface area contributed by atoms with Crippen LogP contribution in [0, 0.1) is 0 Å². The average molecular weight is 359 g/mol. The number of thioether (sulfide) groups is 1. The third-order valence-electron chi connectivity index (χ3n) is 4.77. The molecule has 0 N–H and O–H groups in total. The summed E-state index contributed by atoms with van der Waals surface area (Å²) < 4.78 is 0. The van der Waals surface area contributed by atoms with Gasteiger partial charge in [0, 0.05) is 16.6 Å². The van der Waals surface area contributed by atoms with Crippen molar-refractivity contribution in [3.8, 4) is 0 Å². The first-order chi connectivity index (χ1) is 12.7. The second kappa shape index (κ2) is 7.38. The van der Waals surface area contributed by atoms with E-state index in [0.29, 0.717) is 0 Å². The number of amides is 1. The van der Waals surface area contributed by atoms with E-state index in [2.05, 4.69) is 31.2 Å². The molecule has 0 radical (unpaired) electrons. The quantitative estimate of drug-likeness (QED) is 0.574. The fourth-order valence-electron chi connectivity index (χ4n) is 3.55. The second-order valence-electron chi connectivity index (χ2n) is 6.61. The van der Waals surface area contributed by atoms with Gasteiger partial charge in [-0.25, -0.2) is 0 Å². The van der Waals surface area contributed by atoms with Crippen LogP contribution in [0.1, 0.15) is 23.3 Å². The number of nitrogens with zero attached hydrogens (tertiary/aromatic N) is 1. The monoisotopic (exact) mass is 359 g/mol. The number of hydrogen-bond donors (Lipinski definition) is 0.